The molecule has 0 unspecified atom stereocenters. The number of rotatable bonds is 4. The first-order chi connectivity index (χ1) is 13.4. The molecule has 0 atom stereocenters. The number of aromatic nitrogens is 2. The Morgan fingerprint density at radius 1 is 1.18 bits per heavy atom. The van der Waals surface area contributed by atoms with Crippen LogP contribution in [0.25, 0.3) is 5.69 Å². The van der Waals surface area contributed by atoms with Gasteiger partial charge in [0.05, 0.1) is 30.0 Å². The van der Waals surface area contributed by atoms with Crippen molar-refractivity contribution in [1.82, 2.24) is 9.78 Å². The highest BCUT2D eigenvalue weighted by atomic mass is 79.9. The molecule has 0 aliphatic carbocycles. The summed E-state index contributed by atoms with van der Waals surface area (Å²) in [7, 11) is -1.68. The maximum atomic E-state index is 12.8. The molecular weight excluding hydrogens is 446 g/mol. The van der Waals surface area contributed by atoms with Crippen molar-refractivity contribution < 1.29 is 17.9 Å². The number of amides is 1. The van der Waals surface area contributed by atoms with Gasteiger partial charge in [0.1, 0.15) is 11.6 Å². The van der Waals surface area contributed by atoms with Crippen molar-refractivity contribution in [1.29, 1.82) is 0 Å². The van der Waals surface area contributed by atoms with E-state index in [4.69, 9.17) is 4.74 Å². The number of benzene rings is 2. The minimum atomic E-state index is -3.26. The van der Waals surface area contributed by atoms with E-state index in [9.17, 15) is 13.2 Å². The molecule has 1 amide bonds. The topological polar surface area (TPSA) is 90.3 Å². The van der Waals surface area contributed by atoms with Crippen molar-refractivity contribution >= 4 is 37.5 Å². The van der Waals surface area contributed by atoms with E-state index in [-0.39, 0.29) is 17.4 Å². The fourth-order valence-corrected chi connectivity index (χ4v) is 4.98. The fraction of sp³-hybridized carbons (Fsp3) is 0.158. The quantitative estimate of drug-likeness (QED) is 0.643. The van der Waals surface area contributed by atoms with Crippen LogP contribution in [0.3, 0.4) is 0 Å². The van der Waals surface area contributed by atoms with Crippen LogP contribution in [0, 0.1) is 0 Å². The number of halogens is 1. The number of nitrogens with one attached hydrogen (secondary N) is 1. The zero-order valence-corrected chi connectivity index (χ0v) is 17.2. The van der Waals surface area contributed by atoms with Crippen LogP contribution >= 0.6 is 15.9 Å². The van der Waals surface area contributed by atoms with Gasteiger partial charge >= 0.3 is 0 Å². The van der Waals surface area contributed by atoms with Gasteiger partial charge in [0, 0.05) is 15.6 Å². The van der Waals surface area contributed by atoms with Crippen molar-refractivity contribution in [2.45, 2.75) is 11.5 Å². The number of anilines is 1. The highest BCUT2D eigenvalue weighted by Gasteiger charge is 2.33. The molecule has 2 aromatic carbocycles. The first kappa shape index (κ1) is 18.7. The number of carbonyl (C=O) groups is 1. The number of methoxy groups -OCH3 is 1. The monoisotopic (exact) mass is 461 g/mol. The van der Waals surface area contributed by atoms with E-state index in [0.717, 1.165) is 4.47 Å². The van der Waals surface area contributed by atoms with Crippen LogP contribution in [0.1, 0.15) is 21.6 Å². The van der Waals surface area contributed by atoms with Gasteiger partial charge < -0.3 is 10.1 Å². The molecule has 0 radical (unpaired) electrons. The lowest BCUT2D eigenvalue weighted by molar-refractivity contribution is 0.102. The minimum absolute atomic E-state index is 0.134. The molecule has 4 rings (SSSR count). The molecule has 9 heteroatoms. The zero-order valence-electron chi connectivity index (χ0n) is 14.8. The van der Waals surface area contributed by atoms with Crippen LogP contribution in [0.5, 0.6) is 5.75 Å². The van der Waals surface area contributed by atoms with E-state index in [1.165, 1.54) is 0 Å². The first-order valence-corrected chi connectivity index (χ1v) is 11.0. The average Bonchev–Trinajstić information content (AvgIpc) is 3.14. The lowest BCUT2D eigenvalue weighted by Crippen LogP contribution is -2.17. The molecule has 1 N–H and O–H groups in total. The summed E-state index contributed by atoms with van der Waals surface area (Å²) in [5.41, 5.74) is 2.13. The summed E-state index contributed by atoms with van der Waals surface area (Å²) in [6.07, 6.45) is 0. The Kier molecular flexibility index (Phi) is 4.72. The summed E-state index contributed by atoms with van der Waals surface area (Å²) in [5, 5.41) is 7.29. The average molecular weight is 462 g/mol. The lowest BCUT2D eigenvalue weighted by Gasteiger charge is -2.12. The van der Waals surface area contributed by atoms with Crippen LogP contribution in [0.4, 0.5) is 5.82 Å². The number of fused-ring (bicyclic) bond motifs is 1. The molecule has 144 valence electrons. The van der Waals surface area contributed by atoms with E-state index in [1.807, 2.05) is 6.07 Å². The number of hydrogen-bond acceptors (Lipinski definition) is 5. The van der Waals surface area contributed by atoms with Crippen molar-refractivity contribution in [3.8, 4) is 11.4 Å². The van der Waals surface area contributed by atoms with E-state index in [2.05, 4.69) is 26.3 Å². The maximum absolute atomic E-state index is 12.8. The van der Waals surface area contributed by atoms with Gasteiger partial charge in [-0.1, -0.05) is 22.0 Å². The largest absolute Gasteiger partial charge is 0.497 e. The van der Waals surface area contributed by atoms with Crippen LogP contribution in [0.2, 0.25) is 0 Å². The highest BCUT2D eigenvalue weighted by Crippen LogP contribution is 2.33. The molecule has 0 saturated carbocycles. The molecule has 0 bridgehead atoms. The molecular formula is C19H16BrN3O4S. The molecule has 1 aliphatic heterocycles. The third-order valence-electron chi connectivity index (χ3n) is 4.42. The second-order valence-electron chi connectivity index (χ2n) is 6.38. The summed E-state index contributed by atoms with van der Waals surface area (Å²) < 4.78 is 31.6. The number of sulfone groups is 1. The first-order valence-electron chi connectivity index (χ1n) is 8.39. The SMILES string of the molecule is COc1ccc(-n2nc3c(c2NC(=O)c2cccc(Br)c2)CS(=O)(=O)C3)cc1. The number of hydrogen-bond donors (Lipinski definition) is 1. The Balaban J connectivity index is 1.76. The van der Waals surface area contributed by atoms with E-state index < -0.39 is 9.84 Å². The third-order valence-corrected chi connectivity index (χ3v) is 6.36. The predicted molar refractivity (Wildman–Crippen MR) is 109 cm³/mol. The van der Waals surface area contributed by atoms with Crippen molar-refractivity contribution in [2.24, 2.45) is 0 Å². The summed E-state index contributed by atoms with van der Waals surface area (Å²) in [6, 6.07) is 14.1. The number of ether oxygens (including phenoxy) is 1. The van der Waals surface area contributed by atoms with Gasteiger partial charge in [0.2, 0.25) is 0 Å². The second-order valence-corrected chi connectivity index (χ2v) is 9.36. The van der Waals surface area contributed by atoms with E-state index >= 15 is 0 Å². The normalized spacial score (nSPS) is 14.5. The van der Waals surface area contributed by atoms with Crippen LogP contribution in [0.15, 0.2) is 53.0 Å². The zero-order chi connectivity index (χ0) is 19.9. The van der Waals surface area contributed by atoms with Crippen molar-refractivity contribution in [3.05, 3.63) is 69.8 Å². The predicted octanol–water partition coefficient (Wildman–Crippen LogP) is 3.32. The van der Waals surface area contributed by atoms with Crippen LogP contribution in [-0.4, -0.2) is 31.2 Å². The Morgan fingerprint density at radius 3 is 2.61 bits per heavy atom. The smallest absolute Gasteiger partial charge is 0.256 e. The lowest BCUT2D eigenvalue weighted by atomic mass is 10.2. The summed E-state index contributed by atoms with van der Waals surface area (Å²) in [4.78, 5) is 12.8. The molecule has 28 heavy (non-hydrogen) atoms. The summed E-state index contributed by atoms with van der Waals surface area (Å²) in [5.74, 6) is 0.428. The molecule has 0 spiro atoms. The fourth-order valence-electron chi connectivity index (χ4n) is 3.09. The second kappa shape index (κ2) is 7.06. The molecule has 0 fully saturated rings. The number of carbonyl (C=O) groups excluding carboxylic acids is 1. The molecule has 3 aromatic rings. The molecule has 1 aliphatic rings. The Morgan fingerprint density at radius 2 is 1.93 bits per heavy atom. The van der Waals surface area contributed by atoms with Crippen LogP contribution in [-0.2, 0) is 21.3 Å². The molecule has 0 saturated heterocycles. The molecule has 2 heterocycles. The summed E-state index contributed by atoms with van der Waals surface area (Å²) in [6.45, 7) is 0. The highest BCUT2D eigenvalue weighted by molar-refractivity contribution is 9.10. The van der Waals surface area contributed by atoms with Gasteiger partial charge in [-0.05, 0) is 42.5 Å². The van der Waals surface area contributed by atoms with Gasteiger partial charge in [0.25, 0.3) is 5.91 Å². The van der Waals surface area contributed by atoms with Crippen molar-refractivity contribution in [3.63, 3.8) is 0 Å². The Bertz CT molecular complexity index is 1170. The maximum Gasteiger partial charge on any atom is 0.256 e. The van der Waals surface area contributed by atoms with Gasteiger partial charge in [-0.2, -0.15) is 5.10 Å². The standard InChI is InChI=1S/C19H16BrN3O4S/c1-27-15-7-5-14(6-8-15)23-18(16-10-28(25,26)11-17(16)22-23)21-19(24)12-3-2-4-13(20)9-12/h2-9H,10-11H2,1H3,(H,21,24). The Hall–Kier alpha value is -2.65. The van der Waals surface area contributed by atoms with Gasteiger partial charge in [-0.15, -0.1) is 0 Å². The van der Waals surface area contributed by atoms with Gasteiger partial charge in [-0.25, -0.2) is 13.1 Å². The Labute approximate surface area is 170 Å². The number of nitrogens with zero attached hydrogens (tertiary/aromatic N) is 2. The summed E-state index contributed by atoms with van der Waals surface area (Å²) >= 11 is 3.35. The van der Waals surface area contributed by atoms with E-state index in [0.29, 0.717) is 34.1 Å². The van der Waals surface area contributed by atoms with E-state index in [1.54, 1.807) is 54.3 Å². The minimum Gasteiger partial charge on any atom is -0.497 e. The third kappa shape index (κ3) is 3.55. The molecule has 7 nitrogen and oxygen atoms in total. The van der Waals surface area contributed by atoms with Gasteiger partial charge in [0.15, 0.2) is 9.84 Å². The van der Waals surface area contributed by atoms with Crippen LogP contribution < -0.4 is 10.1 Å². The van der Waals surface area contributed by atoms with Crippen molar-refractivity contribution in [2.75, 3.05) is 12.4 Å². The van der Waals surface area contributed by atoms with Gasteiger partial charge in [-0.3, -0.25) is 4.79 Å². The molecule has 1 aromatic heterocycles.